The Kier molecular flexibility index (Phi) is 6.71. The molecule has 1 aromatic heterocycles. The van der Waals surface area contributed by atoms with Crippen molar-refractivity contribution in [2.45, 2.75) is 0 Å². The van der Waals surface area contributed by atoms with Crippen molar-refractivity contribution in [3.8, 4) is 11.5 Å². The molecule has 0 aliphatic carbocycles. The molecule has 0 atom stereocenters. The maximum Gasteiger partial charge on any atom is 0.343 e. The number of rotatable bonds is 7. The number of nitrogens with one attached hydrogen (secondary N) is 1. The van der Waals surface area contributed by atoms with Crippen LogP contribution in [0.5, 0.6) is 11.5 Å². The summed E-state index contributed by atoms with van der Waals surface area (Å²) in [5, 5.41) is 14.7. The minimum atomic E-state index is -0.537. The SMILES string of the molecule is COc1ccc(C(=O)Oc2ccc(Br)cc2/C=N\Nc2ccc([N+](=O)[O-])cn2)cc1. The van der Waals surface area contributed by atoms with E-state index in [0.29, 0.717) is 28.4 Å². The second kappa shape index (κ2) is 9.61. The Bertz CT molecular complexity index is 1090. The van der Waals surface area contributed by atoms with Gasteiger partial charge in [-0.15, -0.1) is 0 Å². The zero-order valence-corrected chi connectivity index (χ0v) is 17.2. The van der Waals surface area contributed by atoms with E-state index in [9.17, 15) is 14.9 Å². The van der Waals surface area contributed by atoms with E-state index in [1.54, 1.807) is 49.6 Å². The van der Waals surface area contributed by atoms with Gasteiger partial charge in [-0.3, -0.25) is 15.5 Å². The maximum atomic E-state index is 12.4. The molecular weight excluding hydrogens is 456 g/mol. The lowest BCUT2D eigenvalue weighted by Crippen LogP contribution is -2.10. The standard InChI is InChI=1S/C20H15BrN4O5/c1-29-17-6-2-13(3-7-17)20(26)30-18-8-4-15(21)10-14(18)11-23-24-19-9-5-16(12-22-19)25(27)28/h2-12H,1H3,(H,22,24)/b23-11-. The highest BCUT2D eigenvalue weighted by Crippen LogP contribution is 2.23. The number of benzene rings is 2. The molecule has 1 N–H and O–H groups in total. The third-order valence-electron chi connectivity index (χ3n) is 3.84. The number of nitrogens with zero attached hydrogens (tertiary/aromatic N) is 3. The number of carbonyl (C=O) groups is 1. The summed E-state index contributed by atoms with van der Waals surface area (Å²) in [5.41, 5.74) is 3.45. The molecule has 3 aromatic rings. The largest absolute Gasteiger partial charge is 0.497 e. The molecule has 152 valence electrons. The van der Waals surface area contributed by atoms with E-state index in [0.717, 1.165) is 10.7 Å². The lowest BCUT2D eigenvalue weighted by molar-refractivity contribution is -0.385. The molecule has 2 aromatic carbocycles. The van der Waals surface area contributed by atoms with E-state index < -0.39 is 10.9 Å². The van der Waals surface area contributed by atoms with Gasteiger partial charge in [0.2, 0.25) is 0 Å². The fourth-order valence-corrected chi connectivity index (χ4v) is 2.71. The number of hydrazone groups is 1. The number of halogens is 1. The molecule has 0 unspecified atom stereocenters. The average molecular weight is 471 g/mol. The Balaban J connectivity index is 1.73. The van der Waals surface area contributed by atoms with Gasteiger partial charge in [-0.05, 0) is 48.5 Å². The number of pyridine rings is 1. The quantitative estimate of drug-likeness (QED) is 0.178. The molecule has 0 spiro atoms. The second-order valence-corrected chi connectivity index (χ2v) is 6.74. The van der Waals surface area contributed by atoms with Crippen LogP contribution in [0, 0.1) is 10.1 Å². The van der Waals surface area contributed by atoms with Crippen molar-refractivity contribution in [2.24, 2.45) is 5.10 Å². The molecule has 0 saturated heterocycles. The summed E-state index contributed by atoms with van der Waals surface area (Å²) in [7, 11) is 1.54. The lowest BCUT2D eigenvalue weighted by Gasteiger charge is -2.08. The van der Waals surface area contributed by atoms with Crippen LogP contribution in [-0.4, -0.2) is 29.2 Å². The Morgan fingerprint density at radius 2 is 1.97 bits per heavy atom. The van der Waals surface area contributed by atoms with Crippen LogP contribution in [0.1, 0.15) is 15.9 Å². The van der Waals surface area contributed by atoms with E-state index in [-0.39, 0.29) is 5.69 Å². The highest BCUT2D eigenvalue weighted by atomic mass is 79.9. The summed E-state index contributed by atoms with van der Waals surface area (Å²) in [4.78, 5) is 26.5. The Hall–Kier alpha value is -3.79. The van der Waals surface area contributed by atoms with Gasteiger partial charge in [0.25, 0.3) is 5.69 Å². The number of ether oxygens (including phenoxy) is 2. The van der Waals surface area contributed by atoms with Crippen LogP contribution in [-0.2, 0) is 0 Å². The van der Waals surface area contributed by atoms with Crippen LogP contribution in [0.15, 0.2) is 70.4 Å². The number of hydrogen-bond acceptors (Lipinski definition) is 8. The second-order valence-electron chi connectivity index (χ2n) is 5.83. The van der Waals surface area contributed by atoms with Crippen molar-refractivity contribution in [2.75, 3.05) is 12.5 Å². The molecule has 0 fully saturated rings. The van der Waals surface area contributed by atoms with Crippen molar-refractivity contribution < 1.29 is 19.2 Å². The van der Waals surface area contributed by atoms with Gasteiger partial charge in [0.15, 0.2) is 0 Å². The Morgan fingerprint density at radius 1 is 1.20 bits per heavy atom. The number of aromatic nitrogens is 1. The van der Waals surface area contributed by atoms with E-state index in [4.69, 9.17) is 9.47 Å². The van der Waals surface area contributed by atoms with Gasteiger partial charge in [-0.2, -0.15) is 5.10 Å². The average Bonchev–Trinajstić information content (AvgIpc) is 2.76. The van der Waals surface area contributed by atoms with Gasteiger partial charge in [0, 0.05) is 16.1 Å². The Morgan fingerprint density at radius 3 is 2.60 bits per heavy atom. The van der Waals surface area contributed by atoms with Crippen molar-refractivity contribution in [3.63, 3.8) is 0 Å². The topological polar surface area (TPSA) is 116 Å². The van der Waals surface area contributed by atoms with Gasteiger partial charge in [0.1, 0.15) is 23.5 Å². The summed E-state index contributed by atoms with van der Waals surface area (Å²) < 4.78 is 11.3. The summed E-state index contributed by atoms with van der Waals surface area (Å²) in [6, 6.07) is 14.4. The molecular formula is C20H15BrN4O5. The summed E-state index contributed by atoms with van der Waals surface area (Å²) >= 11 is 3.37. The van der Waals surface area contributed by atoms with Crippen LogP contribution in [0.4, 0.5) is 11.5 Å². The van der Waals surface area contributed by atoms with Gasteiger partial charge in [-0.25, -0.2) is 9.78 Å². The van der Waals surface area contributed by atoms with Gasteiger partial charge in [0.05, 0.1) is 23.8 Å². The fraction of sp³-hybridized carbons (Fsp3) is 0.0500. The maximum absolute atomic E-state index is 12.4. The molecule has 0 aliphatic rings. The first-order valence-corrected chi connectivity index (χ1v) is 9.31. The van der Waals surface area contributed by atoms with Crippen molar-refractivity contribution in [1.29, 1.82) is 0 Å². The smallest absolute Gasteiger partial charge is 0.343 e. The first-order valence-electron chi connectivity index (χ1n) is 8.51. The third-order valence-corrected chi connectivity index (χ3v) is 4.33. The lowest BCUT2D eigenvalue weighted by atomic mass is 10.2. The highest BCUT2D eigenvalue weighted by molar-refractivity contribution is 9.10. The van der Waals surface area contributed by atoms with Crippen LogP contribution in [0.25, 0.3) is 0 Å². The molecule has 30 heavy (non-hydrogen) atoms. The zero-order valence-electron chi connectivity index (χ0n) is 15.6. The Labute approximate surface area is 179 Å². The van der Waals surface area contributed by atoms with Crippen LogP contribution < -0.4 is 14.9 Å². The minimum Gasteiger partial charge on any atom is -0.497 e. The van der Waals surface area contributed by atoms with Gasteiger partial charge in [-0.1, -0.05) is 15.9 Å². The van der Waals surface area contributed by atoms with Crippen molar-refractivity contribution in [3.05, 3.63) is 86.5 Å². The van der Waals surface area contributed by atoms with Crippen LogP contribution in [0.3, 0.4) is 0 Å². The molecule has 9 nitrogen and oxygen atoms in total. The minimum absolute atomic E-state index is 0.121. The third kappa shape index (κ3) is 5.39. The van der Waals surface area contributed by atoms with Gasteiger partial charge >= 0.3 is 5.97 Å². The highest BCUT2D eigenvalue weighted by Gasteiger charge is 2.12. The molecule has 10 heteroatoms. The molecule has 1 heterocycles. The number of esters is 1. The monoisotopic (exact) mass is 470 g/mol. The van der Waals surface area contributed by atoms with E-state index in [2.05, 4.69) is 31.4 Å². The van der Waals surface area contributed by atoms with E-state index >= 15 is 0 Å². The van der Waals surface area contributed by atoms with E-state index in [1.165, 1.54) is 18.3 Å². The van der Waals surface area contributed by atoms with Crippen molar-refractivity contribution >= 4 is 39.6 Å². The first kappa shape index (κ1) is 20.9. The number of nitro groups is 1. The molecule has 0 saturated carbocycles. The zero-order chi connectivity index (χ0) is 21.5. The number of hydrogen-bond donors (Lipinski definition) is 1. The number of anilines is 1. The summed E-state index contributed by atoms with van der Waals surface area (Å²) in [6.45, 7) is 0. The molecule has 0 radical (unpaired) electrons. The molecule has 3 rings (SSSR count). The number of carbonyl (C=O) groups excluding carboxylic acids is 1. The van der Waals surface area contributed by atoms with Crippen molar-refractivity contribution in [1.82, 2.24) is 4.98 Å². The molecule has 0 aliphatic heterocycles. The predicted octanol–water partition coefficient (Wildman–Crippen LogP) is 4.43. The first-order chi connectivity index (χ1) is 14.5. The summed E-state index contributed by atoms with van der Waals surface area (Å²) in [6.07, 6.45) is 2.57. The van der Waals surface area contributed by atoms with E-state index in [1.807, 2.05) is 0 Å². The summed E-state index contributed by atoms with van der Waals surface area (Å²) in [5.74, 6) is 0.735. The fourth-order valence-electron chi connectivity index (χ4n) is 2.33. The normalized spacial score (nSPS) is 10.6. The predicted molar refractivity (Wildman–Crippen MR) is 114 cm³/mol. The number of methoxy groups -OCH3 is 1. The van der Waals surface area contributed by atoms with Gasteiger partial charge < -0.3 is 9.47 Å². The molecule has 0 bridgehead atoms. The molecule has 0 amide bonds. The van der Waals surface area contributed by atoms with Crippen LogP contribution >= 0.6 is 15.9 Å². The van der Waals surface area contributed by atoms with Crippen LogP contribution in [0.2, 0.25) is 0 Å².